The van der Waals surface area contributed by atoms with E-state index in [1.807, 2.05) is 0 Å². The Hall–Kier alpha value is -0.290. The summed E-state index contributed by atoms with van der Waals surface area (Å²) >= 11 is 8.83. The van der Waals surface area contributed by atoms with Crippen molar-refractivity contribution in [1.29, 1.82) is 0 Å². The Morgan fingerprint density at radius 1 is 0.850 bits per heavy atom. The van der Waals surface area contributed by atoms with Gasteiger partial charge in [0, 0.05) is 13.0 Å². The number of hydrogen-bond acceptors (Lipinski definition) is 2. The fourth-order valence-corrected chi connectivity index (χ4v) is 2.40. The predicted octanol–water partition coefficient (Wildman–Crippen LogP) is 4.56. The van der Waals surface area contributed by atoms with Gasteiger partial charge >= 0.3 is 5.97 Å². The van der Waals surface area contributed by atoms with E-state index in [1.54, 1.807) is 0 Å². The first kappa shape index (κ1) is 19.7. The van der Waals surface area contributed by atoms with Crippen LogP contribution in [0.1, 0.15) is 77.0 Å². The number of carboxylic acids is 1. The van der Waals surface area contributed by atoms with Crippen molar-refractivity contribution in [1.82, 2.24) is 5.32 Å². The number of carboxylic acid groups (broad SMARTS) is 1. The van der Waals surface area contributed by atoms with Crippen molar-refractivity contribution in [2.75, 3.05) is 6.54 Å². The highest BCUT2D eigenvalue weighted by molar-refractivity contribution is 8.11. The quantitative estimate of drug-likeness (QED) is 0.250. The minimum absolute atomic E-state index is 0.326. The van der Waals surface area contributed by atoms with E-state index in [9.17, 15) is 4.79 Å². The van der Waals surface area contributed by atoms with E-state index in [4.69, 9.17) is 17.3 Å². The topological polar surface area (TPSA) is 49.3 Å². The smallest absolute Gasteiger partial charge is 0.303 e. The molecule has 0 aliphatic carbocycles. The second-order valence-electron chi connectivity index (χ2n) is 5.26. The van der Waals surface area contributed by atoms with Crippen LogP contribution in [0, 0.1) is 0 Å². The maximum absolute atomic E-state index is 10.3. The summed E-state index contributed by atoms with van der Waals surface area (Å²) in [5.74, 6) is -0.670. The Bertz CT molecular complexity index is 234. The van der Waals surface area contributed by atoms with Gasteiger partial charge in [0.1, 0.15) is 4.32 Å². The molecule has 0 aromatic carbocycles. The number of aliphatic carboxylic acids is 1. The highest BCUT2D eigenvalue weighted by Gasteiger charge is 1.97. The Balaban J connectivity index is 2.99. The normalized spacial score (nSPS) is 10.4. The Kier molecular flexibility index (Phi) is 14.9. The van der Waals surface area contributed by atoms with Crippen molar-refractivity contribution in [3.63, 3.8) is 0 Å². The van der Waals surface area contributed by atoms with Gasteiger partial charge in [0.15, 0.2) is 0 Å². The molecule has 0 heterocycles. The molecule has 0 aromatic rings. The molecule has 0 aliphatic heterocycles. The standard InChI is InChI=1S/C15H29NO2S2/c17-14(18)12-10-8-6-4-2-1-3-5-7-9-11-13-16-15(19)20/h1-13H2,(H,17,18)(H2,16,19,20). The van der Waals surface area contributed by atoms with Crippen LogP contribution in [0.4, 0.5) is 0 Å². The number of nitrogens with one attached hydrogen (secondary N) is 1. The van der Waals surface area contributed by atoms with E-state index in [0.29, 0.717) is 10.7 Å². The summed E-state index contributed by atoms with van der Waals surface area (Å²) in [7, 11) is 0. The minimum atomic E-state index is -0.670. The first-order valence-electron chi connectivity index (χ1n) is 7.81. The number of thiocarbonyl (C=S) groups is 1. The van der Waals surface area contributed by atoms with Gasteiger partial charge in [-0.15, -0.1) is 12.6 Å². The van der Waals surface area contributed by atoms with Crippen LogP contribution in [0.5, 0.6) is 0 Å². The van der Waals surface area contributed by atoms with E-state index in [1.165, 1.54) is 57.8 Å². The van der Waals surface area contributed by atoms with Gasteiger partial charge in [-0.1, -0.05) is 70.0 Å². The summed E-state index contributed by atoms with van der Waals surface area (Å²) in [5.41, 5.74) is 0. The molecule has 118 valence electrons. The molecule has 0 saturated carbocycles. The molecule has 0 amide bonds. The third-order valence-corrected chi connectivity index (χ3v) is 3.65. The molecule has 0 unspecified atom stereocenters. The van der Waals surface area contributed by atoms with Gasteiger partial charge < -0.3 is 10.4 Å². The van der Waals surface area contributed by atoms with Gasteiger partial charge in [-0.3, -0.25) is 4.79 Å². The maximum Gasteiger partial charge on any atom is 0.303 e. The fraction of sp³-hybridized carbons (Fsp3) is 0.867. The minimum Gasteiger partial charge on any atom is -0.481 e. The fourth-order valence-electron chi connectivity index (χ4n) is 2.19. The van der Waals surface area contributed by atoms with Crippen LogP contribution in [0.2, 0.25) is 0 Å². The Morgan fingerprint density at radius 3 is 1.65 bits per heavy atom. The van der Waals surface area contributed by atoms with Crippen LogP contribution < -0.4 is 5.32 Å². The summed E-state index contributed by atoms with van der Waals surface area (Å²) in [6, 6.07) is 0. The van der Waals surface area contributed by atoms with Gasteiger partial charge in [0.05, 0.1) is 0 Å². The molecule has 0 aliphatic rings. The van der Waals surface area contributed by atoms with Crippen molar-refractivity contribution in [3.05, 3.63) is 0 Å². The predicted molar refractivity (Wildman–Crippen MR) is 92.6 cm³/mol. The molecular formula is C15H29NO2S2. The lowest BCUT2D eigenvalue weighted by atomic mass is 10.1. The van der Waals surface area contributed by atoms with E-state index < -0.39 is 5.97 Å². The summed E-state index contributed by atoms with van der Waals surface area (Å²) in [4.78, 5) is 10.3. The average molecular weight is 320 g/mol. The van der Waals surface area contributed by atoms with Crippen molar-refractivity contribution in [3.8, 4) is 0 Å². The molecule has 5 heteroatoms. The van der Waals surface area contributed by atoms with Gasteiger partial charge in [0.2, 0.25) is 0 Å². The lowest BCUT2D eigenvalue weighted by Gasteiger charge is -2.04. The van der Waals surface area contributed by atoms with Gasteiger partial charge in [-0.2, -0.15) is 0 Å². The average Bonchev–Trinajstić information content (AvgIpc) is 2.38. The van der Waals surface area contributed by atoms with Crippen LogP contribution >= 0.6 is 24.8 Å². The van der Waals surface area contributed by atoms with Crippen molar-refractivity contribution >= 4 is 35.1 Å². The molecule has 2 N–H and O–H groups in total. The zero-order valence-electron chi connectivity index (χ0n) is 12.4. The zero-order chi connectivity index (χ0) is 15.1. The molecule has 0 spiro atoms. The van der Waals surface area contributed by atoms with E-state index in [-0.39, 0.29) is 0 Å². The van der Waals surface area contributed by atoms with E-state index in [0.717, 1.165) is 19.4 Å². The monoisotopic (exact) mass is 319 g/mol. The van der Waals surface area contributed by atoms with Crippen molar-refractivity contribution in [2.24, 2.45) is 0 Å². The molecule has 0 aromatic heterocycles. The van der Waals surface area contributed by atoms with Gasteiger partial charge in [-0.25, -0.2) is 0 Å². The number of thiol groups is 1. The number of carbonyl (C=O) groups is 1. The molecule has 20 heavy (non-hydrogen) atoms. The highest BCUT2D eigenvalue weighted by atomic mass is 32.1. The number of hydrogen-bond donors (Lipinski definition) is 3. The van der Waals surface area contributed by atoms with Gasteiger partial charge in [-0.05, 0) is 12.8 Å². The Labute approximate surface area is 134 Å². The molecular weight excluding hydrogens is 290 g/mol. The third kappa shape index (κ3) is 17.7. The molecule has 0 fully saturated rings. The van der Waals surface area contributed by atoms with Gasteiger partial charge in [0.25, 0.3) is 0 Å². The summed E-state index contributed by atoms with van der Waals surface area (Å²) < 4.78 is 0.591. The summed E-state index contributed by atoms with van der Waals surface area (Å²) in [6.07, 6.45) is 13.7. The lowest BCUT2D eigenvalue weighted by molar-refractivity contribution is -0.137. The molecule has 0 saturated heterocycles. The molecule has 0 bridgehead atoms. The first-order chi connectivity index (χ1) is 9.63. The molecule has 0 rings (SSSR count). The van der Waals surface area contributed by atoms with Crippen LogP contribution in [0.15, 0.2) is 0 Å². The molecule has 3 nitrogen and oxygen atoms in total. The Morgan fingerprint density at radius 2 is 1.25 bits per heavy atom. The maximum atomic E-state index is 10.3. The van der Waals surface area contributed by atoms with Crippen LogP contribution in [0.3, 0.4) is 0 Å². The second kappa shape index (κ2) is 15.1. The van der Waals surface area contributed by atoms with Crippen molar-refractivity contribution < 1.29 is 9.90 Å². The third-order valence-electron chi connectivity index (χ3n) is 3.34. The number of unbranched alkanes of at least 4 members (excludes halogenated alkanes) is 10. The van der Waals surface area contributed by atoms with Crippen LogP contribution in [-0.4, -0.2) is 21.9 Å². The van der Waals surface area contributed by atoms with E-state index in [2.05, 4.69) is 17.9 Å². The first-order valence-corrected chi connectivity index (χ1v) is 8.67. The summed E-state index contributed by atoms with van der Waals surface area (Å²) in [5, 5.41) is 11.6. The number of rotatable bonds is 14. The summed E-state index contributed by atoms with van der Waals surface area (Å²) in [6.45, 7) is 0.943. The molecule has 0 atom stereocenters. The SMILES string of the molecule is O=C(O)CCCCCCCCCCCCCNC(=S)S. The lowest BCUT2D eigenvalue weighted by Crippen LogP contribution is -2.17. The van der Waals surface area contributed by atoms with Crippen LogP contribution in [-0.2, 0) is 4.79 Å². The van der Waals surface area contributed by atoms with E-state index >= 15 is 0 Å². The molecule has 0 radical (unpaired) electrons. The van der Waals surface area contributed by atoms with Crippen molar-refractivity contribution in [2.45, 2.75) is 77.0 Å². The second-order valence-corrected chi connectivity index (χ2v) is 6.42. The zero-order valence-corrected chi connectivity index (χ0v) is 14.1. The van der Waals surface area contributed by atoms with Crippen LogP contribution in [0.25, 0.3) is 0 Å². The largest absolute Gasteiger partial charge is 0.481 e. The highest BCUT2D eigenvalue weighted by Crippen LogP contribution is 2.11.